The smallest absolute Gasteiger partial charge is 0.254 e. The van der Waals surface area contributed by atoms with Gasteiger partial charge in [0.15, 0.2) is 0 Å². The van der Waals surface area contributed by atoms with Gasteiger partial charge in [0.05, 0.1) is 7.11 Å². The average molecular weight is 433 g/mol. The van der Waals surface area contributed by atoms with E-state index in [1.54, 1.807) is 37.1 Å². The first-order valence-electron chi connectivity index (χ1n) is 10.1. The van der Waals surface area contributed by atoms with Crippen molar-refractivity contribution in [3.8, 4) is 5.75 Å². The number of hydrogen-bond donors (Lipinski definition) is 0. The lowest BCUT2D eigenvalue weighted by molar-refractivity contribution is 0.0746. The van der Waals surface area contributed by atoms with Gasteiger partial charge >= 0.3 is 0 Å². The number of anilines is 1. The number of carbonyl (C=O) groups excluding carboxylic acids is 1. The Kier molecular flexibility index (Phi) is 6.94. The molecule has 1 aliphatic heterocycles. The number of ether oxygens (including phenoxy) is 1. The molecular weight excluding hydrogens is 404 g/mol. The fourth-order valence-corrected chi connectivity index (χ4v) is 5.22. The molecule has 1 aliphatic rings. The topological polar surface area (TPSA) is 83.1 Å². The number of hydrogen-bond acceptors (Lipinski definition) is 6. The van der Waals surface area contributed by atoms with Crippen LogP contribution in [-0.2, 0) is 10.0 Å². The van der Waals surface area contributed by atoms with Gasteiger partial charge in [-0.05, 0) is 30.3 Å². The molecular formula is C21H28N4O4S. The molecule has 0 unspecified atom stereocenters. The number of rotatable bonds is 7. The number of aromatic nitrogens is 1. The number of amides is 1. The quantitative estimate of drug-likeness (QED) is 0.666. The van der Waals surface area contributed by atoms with Gasteiger partial charge in [-0.25, -0.2) is 13.4 Å². The first-order chi connectivity index (χ1) is 14.4. The molecule has 1 aromatic carbocycles. The van der Waals surface area contributed by atoms with Gasteiger partial charge in [0, 0.05) is 51.0 Å². The Hall–Kier alpha value is -2.65. The second kappa shape index (κ2) is 9.44. The molecule has 30 heavy (non-hydrogen) atoms. The summed E-state index contributed by atoms with van der Waals surface area (Å²) in [4.78, 5) is 21.3. The summed E-state index contributed by atoms with van der Waals surface area (Å²) in [5, 5.41) is 0. The predicted molar refractivity (Wildman–Crippen MR) is 115 cm³/mol. The summed E-state index contributed by atoms with van der Waals surface area (Å²) in [5.74, 6) is 0.939. The Morgan fingerprint density at radius 2 is 1.80 bits per heavy atom. The predicted octanol–water partition coefficient (Wildman–Crippen LogP) is 2.08. The highest BCUT2D eigenvalue weighted by Gasteiger charge is 2.28. The second-order valence-corrected chi connectivity index (χ2v) is 8.83. The van der Waals surface area contributed by atoms with Gasteiger partial charge in [-0.15, -0.1) is 0 Å². The molecule has 2 aromatic rings. The van der Waals surface area contributed by atoms with Crippen molar-refractivity contribution < 1.29 is 17.9 Å². The van der Waals surface area contributed by atoms with Crippen molar-refractivity contribution >= 4 is 21.7 Å². The van der Waals surface area contributed by atoms with Crippen LogP contribution in [0.1, 0.15) is 24.2 Å². The molecule has 2 heterocycles. The lowest BCUT2D eigenvalue weighted by Crippen LogP contribution is -2.49. The third-order valence-corrected chi connectivity index (χ3v) is 7.35. The molecule has 0 atom stereocenters. The van der Waals surface area contributed by atoms with Crippen LogP contribution in [0, 0.1) is 0 Å². The molecule has 0 spiro atoms. The monoisotopic (exact) mass is 432 g/mol. The van der Waals surface area contributed by atoms with E-state index in [4.69, 9.17) is 4.74 Å². The van der Waals surface area contributed by atoms with Crippen LogP contribution in [0.3, 0.4) is 0 Å². The highest BCUT2D eigenvalue weighted by atomic mass is 32.2. The van der Waals surface area contributed by atoms with E-state index in [1.165, 1.54) is 17.5 Å². The number of piperazine rings is 1. The van der Waals surface area contributed by atoms with Crippen molar-refractivity contribution in [2.75, 3.05) is 51.3 Å². The zero-order valence-electron chi connectivity index (χ0n) is 17.6. The zero-order valence-corrected chi connectivity index (χ0v) is 18.4. The summed E-state index contributed by atoms with van der Waals surface area (Å²) >= 11 is 0. The lowest BCUT2D eigenvalue weighted by atomic mass is 10.1. The van der Waals surface area contributed by atoms with E-state index in [0.717, 1.165) is 5.82 Å². The summed E-state index contributed by atoms with van der Waals surface area (Å²) in [5.41, 5.74) is 0.341. The Bertz CT molecular complexity index is 970. The molecule has 1 amide bonds. The maximum Gasteiger partial charge on any atom is 0.254 e. The highest BCUT2D eigenvalue weighted by molar-refractivity contribution is 7.89. The summed E-state index contributed by atoms with van der Waals surface area (Å²) < 4.78 is 32.7. The normalized spacial score (nSPS) is 14.8. The van der Waals surface area contributed by atoms with Crippen molar-refractivity contribution in [3.63, 3.8) is 0 Å². The summed E-state index contributed by atoms with van der Waals surface area (Å²) in [6.45, 7) is 6.67. The zero-order chi connectivity index (χ0) is 21.7. The van der Waals surface area contributed by atoms with Gasteiger partial charge < -0.3 is 14.5 Å². The molecule has 0 saturated carbocycles. The third-order valence-electron chi connectivity index (χ3n) is 5.27. The molecule has 0 N–H and O–H groups in total. The van der Waals surface area contributed by atoms with Gasteiger partial charge in [-0.2, -0.15) is 4.31 Å². The van der Waals surface area contributed by atoms with Crippen LogP contribution in [0.5, 0.6) is 5.75 Å². The van der Waals surface area contributed by atoms with E-state index in [0.29, 0.717) is 44.8 Å². The van der Waals surface area contributed by atoms with Crippen molar-refractivity contribution in [2.45, 2.75) is 18.7 Å². The number of benzene rings is 1. The van der Waals surface area contributed by atoms with Crippen LogP contribution in [0.15, 0.2) is 47.5 Å². The van der Waals surface area contributed by atoms with Crippen LogP contribution in [0.2, 0.25) is 0 Å². The van der Waals surface area contributed by atoms with Gasteiger partial charge in [-0.1, -0.05) is 19.9 Å². The van der Waals surface area contributed by atoms with Crippen molar-refractivity contribution in [3.05, 3.63) is 48.2 Å². The Balaban J connectivity index is 1.80. The fraction of sp³-hybridized carbons (Fsp3) is 0.429. The maximum absolute atomic E-state index is 13.1. The molecule has 3 rings (SSSR count). The van der Waals surface area contributed by atoms with Gasteiger partial charge in [0.2, 0.25) is 10.0 Å². The van der Waals surface area contributed by atoms with Crippen LogP contribution >= 0.6 is 0 Å². The Morgan fingerprint density at radius 1 is 1.10 bits per heavy atom. The van der Waals surface area contributed by atoms with Gasteiger partial charge in [-0.3, -0.25) is 4.79 Å². The van der Waals surface area contributed by atoms with Gasteiger partial charge in [0.1, 0.15) is 16.5 Å². The molecule has 1 aromatic heterocycles. The molecule has 0 bridgehead atoms. The molecule has 1 saturated heterocycles. The van der Waals surface area contributed by atoms with E-state index in [2.05, 4.69) is 9.88 Å². The third kappa shape index (κ3) is 4.41. The van der Waals surface area contributed by atoms with E-state index in [1.807, 2.05) is 18.2 Å². The van der Waals surface area contributed by atoms with Crippen LogP contribution in [0.4, 0.5) is 5.82 Å². The molecule has 8 nitrogen and oxygen atoms in total. The van der Waals surface area contributed by atoms with Crippen molar-refractivity contribution in [1.29, 1.82) is 0 Å². The summed E-state index contributed by atoms with van der Waals surface area (Å²) in [7, 11) is -2.33. The maximum atomic E-state index is 13.1. The average Bonchev–Trinajstić information content (AvgIpc) is 2.79. The summed E-state index contributed by atoms with van der Waals surface area (Å²) in [6.07, 6.45) is 1.75. The van der Waals surface area contributed by atoms with Gasteiger partial charge in [0.25, 0.3) is 5.91 Å². The largest absolute Gasteiger partial charge is 0.495 e. The Morgan fingerprint density at radius 3 is 2.37 bits per heavy atom. The first kappa shape index (κ1) is 22.0. The minimum atomic E-state index is -3.75. The Labute approximate surface area is 178 Å². The number of nitrogens with zero attached hydrogens (tertiary/aromatic N) is 4. The second-order valence-electron chi connectivity index (χ2n) is 6.92. The molecule has 0 radical (unpaired) electrons. The van der Waals surface area contributed by atoms with Crippen LogP contribution in [0.25, 0.3) is 0 Å². The van der Waals surface area contributed by atoms with E-state index < -0.39 is 10.0 Å². The van der Waals surface area contributed by atoms with Crippen LogP contribution in [-0.4, -0.2) is 74.9 Å². The molecule has 162 valence electrons. The molecule has 0 aliphatic carbocycles. The number of carbonyl (C=O) groups is 1. The number of methoxy groups -OCH3 is 1. The fourth-order valence-electron chi connectivity index (χ4n) is 3.58. The summed E-state index contributed by atoms with van der Waals surface area (Å²) in [6, 6.07) is 10.4. The first-order valence-corrected chi connectivity index (χ1v) is 11.5. The minimum absolute atomic E-state index is 0.0201. The number of pyridine rings is 1. The lowest BCUT2D eigenvalue weighted by Gasteiger charge is -2.35. The SMILES string of the molecule is CCN(CC)S(=O)(=O)c1cc(C(=O)N2CCN(c3ccccn3)CC2)ccc1OC. The van der Waals surface area contributed by atoms with E-state index >= 15 is 0 Å². The van der Waals surface area contributed by atoms with E-state index in [9.17, 15) is 13.2 Å². The minimum Gasteiger partial charge on any atom is -0.495 e. The highest BCUT2D eigenvalue weighted by Crippen LogP contribution is 2.28. The molecule has 9 heteroatoms. The standard InChI is InChI=1S/C21H28N4O4S/c1-4-25(5-2)30(27,28)19-16-17(9-10-18(19)29-3)21(26)24-14-12-23(13-15-24)20-8-6-7-11-22-20/h6-11,16H,4-5,12-15H2,1-3H3. The number of sulfonamides is 1. The molecule has 1 fully saturated rings. The van der Waals surface area contributed by atoms with Crippen molar-refractivity contribution in [2.24, 2.45) is 0 Å². The van der Waals surface area contributed by atoms with Crippen LogP contribution < -0.4 is 9.64 Å². The van der Waals surface area contributed by atoms with E-state index in [-0.39, 0.29) is 16.6 Å². The van der Waals surface area contributed by atoms with Crippen molar-refractivity contribution in [1.82, 2.24) is 14.2 Å².